The number of aromatic hydroxyl groups is 1. The Hall–Kier alpha value is -3.38. The van der Waals surface area contributed by atoms with E-state index in [9.17, 15) is 31.5 Å². The minimum atomic E-state index is -4.85. The van der Waals surface area contributed by atoms with E-state index < -0.39 is 33.6 Å². The van der Waals surface area contributed by atoms with Crippen LogP contribution in [0.25, 0.3) is 6.08 Å². The lowest BCUT2D eigenvalue weighted by Gasteiger charge is -2.34. The average Bonchev–Trinajstić information content (AvgIpc) is 3.09. The minimum Gasteiger partial charge on any atom is -0.508 e. The van der Waals surface area contributed by atoms with E-state index in [0.717, 1.165) is 23.1 Å². The van der Waals surface area contributed by atoms with Gasteiger partial charge in [-0.3, -0.25) is 9.79 Å². The number of halogens is 3. The van der Waals surface area contributed by atoms with Gasteiger partial charge in [-0.15, -0.1) is 13.2 Å². The number of aliphatic imine (C=N–C) groups is 1. The summed E-state index contributed by atoms with van der Waals surface area (Å²) in [6.45, 7) is 1.86. The van der Waals surface area contributed by atoms with Crippen LogP contribution in [-0.4, -0.2) is 54.6 Å². The van der Waals surface area contributed by atoms with Gasteiger partial charge in [0.25, 0.3) is 5.91 Å². The van der Waals surface area contributed by atoms with Gasteiger partial charge in [0.15, 0.2) is 0 Å². The number of sulfonamides is 1. The Kier molecular flexibility index (Phi) is 6.36. The number of hydrogen-bond acceptors (Lipinski definition) is 6. The number of hydrogen-bond donors (Lipinski definition) is 2. The van der Waals surface area contributed by atoms with E-state index in [0.29, 0.717) is 5.56 Å². The molecule has 0 radical (unpaired) electrons. The zero-order valence-electron chi connectivity index (χ0n) is 18.5. The van der Waals surface area contributed by atoms with Crippen LogP contribution in [0.3, 0.4) is 0 Å². The Bertz CT molecular complexity index is 1310. The molecule has 1 fully saturated rings. The number of ether oxygens (including phenoxy) is 1. The Morgan fingerprint density at radius 1 is 1.17 bits per heavy atom. The van der Waals surface area contributed by atoms with Crippen molar-refractivity contribution in [1.82, 2.24) is 9.62 Å². The first kappa shape index (κ1) is 24.7. The predicted octanol–water partition coefficient (Wildman–Crippen LogP) is 3.31. The number of nitrogens with zero attached hydrogens (tertiary/aromatic N) is 2. The summed E-state index contributed by atoms with van der Waals surface area (Å²) in [5, 5.41) is 13.3. The van der Waals surface area contributed by atoms with Crippen LogP contribution in [0.15, 0.2) is 52.9 Å². The molecule has 1 spiro atoms. The topological polar surface area (TPSA) is 108 Å². The maximum Gasteiger partial charge on any atom is 0.573 e. The molecule has 2 aliphatic rings. The highest BCUT2D eigenvalue weighted by Gasteiger charge is 2.47. The van der Waals surface area contributed by atoms with Gasteiger partial charge in [-0.05, 0) is 61.2 Å². The molecule has 0 saturated carbocycles. The van der Waals surface area contributed by atoms with Crippen LogP contribution in [0, 0.1) is 6.92 Å². The molecule has 0 aliphatic carbocycles. The van der Waals surface area contributed by atoms with Gasteiger partial charge in [0, 0.05) is 24.1 Å². The smallest absolute Gasteiger partial charge is 0.508 e. The highest BCUT2D eigenvalue weighted by Crippen LogP contribution is 2.33. The molecule has 0 aromatic heterocycles. The third kappa shape index (κ3) is 5.49. The number of piperidine rings is 1. The second-order valence-corrected chi connectivity index (χ2v) is 10.1. The molecule has 186 valence electrons. The van der Waals surface area contributed by atoms with E-state index in [1.165, 1.54) is 34.6 Å². The molecular weight excluding hydrogens is 487 g/mol. The van der Waals surface area contributed by atoms with E-state index in [2.05, 4.69) is 15.0 Å². The molecule has 2 aromatic carbocycles. The number of nitrogens with one attached hydrogen (secondary N) is 1. The van der Waals surface area contributed by atoms with Crippen molar-refractivity contribution >= 4 is 27.8 Å². The highest BCUT2D eigenvalue weighted by molar-refractivity contribution is 7.92. The monoisotopic (exact) mass is 509 g/mol. The van der Waals surface area contributed by atoms with Gasteiger partial charge in [0.1, 0.15) is 22.9 Å². The van der Waals surface area contributed by atoms with Gasteiger partial charge in [0.2, 0.25) is 10.0 Å². The van der Waals surface area contributed by atoms with Gasteiger partial charge in [0.05, 0.1) is 0 Å². The van der Waals surface area contributed by atoms with Gasteiger partial charge in [-0.25, -0.2) is 8.42 Å². The second-order valence-electron chi connectivity index (χ2n) is 8.31. The molecule has 2 aromatic rings. The number of phenolic OH excluding ortho intramolecular Hbond substituents is 1. The van der Waals surface area contributed by atoms with Crippen molar-refractivity contribution in [2.75, 3.05) is 13.1 Å². The normalized spacial score (nSPS) is 18.6. The fraction of sp³-hybridized carbons (Fsp3) is 0.304. The first-order valence-corrected chi connectivity index (χ1v) is 12.1. The molecule has 35 heavy (non-hydrogen) atoms. The summed E-state index contributed by atoms with van der Waals surface area (Å²) in [4.78, 5) is 17.2. The van der Waals surface area contributed by atoms with Crippen molar-refractivity contribution in [2.45, 2.75) is 31.7 Å². The van der Waals surface area contributed by atoms with Crippen LogP contribution in [0.4, 0.5) is 13.2 Å². The van der Waals surface area contributed by atoms with Gasteiger partial charge in [-0.2, -0.15) is 4.31 Å². The summed E-state index contributed by atoms with van der Waals surface area (Å²) in [6, 6.07) is 9.75. The summed E-state index contributed by atoms with van der Waals surface area (Å²) in [6.07, 6.45) is -3.23. The number of rotatable bonds is 5. The van der Waals surface area contributed by atoms with Crippen LogP contribution in [-0.2, 0) is 14.8 Å². The summed E-state index contributed by atoms with van der Waals surface area (Å²) in [7, 11) is -3.80. The fourth-order valence-corrected chi connectivity index (χ4v) is 5.18. The zero-order chi connectivity index (χ0) is 25.4. The molecule has 0 unspecified atom stereocenters. The Morgan fingerprint density at radius 2 is 1.89 bits per heavy atom. The van der Waals surface area contributed by atoms with Crippen LogP contribution in [0.5, 0.6) is 11.5 Å². The fourth-order valence-electron chi connectivity index (χ4n) is 4.00. The van der Waals surface area contributed by atoms with Crippen molar-refractivity contribution in [2.24, 2.45) is 4.99 Å². The van der Waals surface area contributed by atoms with Gasteiger partial charge in [-0.1, -0.05) is 18.2 Å². The SMILES string of the molecule is Cc1ccc(O)cc1C=CS(=O)(=O)N1CCC2(CC1)N=C(c1cccc(OC(F)(F)F)c1)NC2=O. The number of amides is 1. The molecule has 0 atom stereocenters. The molecule has 1 saturated heterocycles. The molecule has 0 bridgehead atoms. The van der Waals surface area contributed by atoms with Crippen molar-refractivity contribution in [3.8, 4) is 11.5 Å². The van der Waals surface area contributed by atoms with E-state index >= 15 is 0 Å². The zero-order valence-corrected chi connectivity index (χ0v) is 19.4. The lowest BCUT2D eigenvalue weighted by Crippen LogP contribution is -2.50. The molecule has 8 nitrogen and oxygen atoms in total. The Balaban J connectivity index is 1.48. The Morgan fingerprint density at radius 3 is 2.57 bits per heavy atom. The third-order valence-electron chi connectivity index (χ3n) is 5.91. The van der Waals surface area contributed by atoms with Crippen LogP contribution in [0.1, 0.15) is 29.5 Å². The van der Waals surface area contributed by atoms with E-state index in [-0.39, 0.29) is 43.1 Å². The standard InChI is InChI=1S/C23H22F3N3O5S/c1-15-5-6-18(30)13-16(15)7-12-35(32,33)29-10-8-22(9-11-29)21(31)27-20(28-22)17-3-2-4-19(14-17)34-23(24,25)26/h2-7,12-14,30H,8-11H2,1H3,(H,27,28,31). The molecular formula is C23H22F3N3O5S. The number of amidine groups is 1. The third-order valence-corrected chi connectivity index (χ3v) is 7.48. The summed E-state index contributed by atoms with van der Waals surface area (Å²) in [5.74, 6) is -0.748. The van der Waals surface area contributed by atoms with Crippen molar-refractivity contribution in [3.05, 3.63) is 64.6 Å². The first-order chi connectivity index (χ1) is 16.4. The van der Waals surface area contributed by atoms with E-state index in [1.807, 2.05) is 0 Å². The predicted molar refractivity (Wildman–Crippen MR) is 122 cm³/mol. The number of benzene rings is 2. The molecule has 12 heteroatoms. The molecule has 1 amide bonds. The van der Waals surface area contributed by atoms with Crippen LogP contribution < -0.4 is 10.1 Å². The summed E-state index contributed by atoms with van der Waals surface area (Å²) in [5.41, 5.74) is 0.397. The second kappa shape index (κ2) is 9.00. The van der Waals surface area contributed by atoms with Gasteiger partial charge >= 0.3 is 6.36 Å². The average molecular weight is 510 g/mol. The van der Waals surface area contributed by atoms with E-state index in [4.69, 9.17) is 0 Å². The highest BCUT2D eigenvalue weighted by atomic mass is 32.2. The first-order valence-electron chi connectivity index (χ1n) is 10.6. The van der Waals surface area contributed by atoms with Crippen molar-refractivity contribution in [3.63, 3.8) is 0 Å². The van der Waals surface area contributed by atoms with Gasteiger partial charge < -0.3 is 15.2 Å². The summed E-state index contributed by atoms with van der Waals surface area (Å²) < 4.78 is 68.4. The number of aryl methyl sites for hydroxylation is 1. The number of alkyl halides is 3. The van der Waals surface area contributed by atoms with Crippen molar-refractivity contribution < 1.29 is 36.2 Å². The minimum absolute atomic E-state index is 0.0176. The number of carbonyl (C=O) groups is 1. The maximum absolute atomic E-state index is 12.8. The number of carbonyl (C=O) groups excluding carboxylic acids is 1. The van der Waals surface area contributed by atoms with Crippen LogP contribution >= 0.6 is 0 Å². The molecule has 4 rings (SSSR count). The van der Waals surface area contributed by atoms with E-state index in [1.54, 1.807) is 13.0 Å². The Labute approximate surface area is 199 Å². The number of phenols is 1. The lowest BCUT2D eigenvalue weighted by atomic mass is 9.89. The molecule has 2 N–H and O–H groups in total. The molecule has 2 aliphatic heterocycles. The lowest BCUT2D eigenvalue weighted by molar-refractivity contribution is -0.274. The quantitative estimate of drug-likeness (QED) is 0.643. The summed E-state index contributed by atoms with van der Waals surface area (Å²) >= 11 is 0. The van der Waals surface area contributed by atoms with Crippen molar-refractivity contribution in [1.29, 1.82) is 0 Å². The largest absolute Gasteiger partial charge is 0.573 e. The molecule has 2 heterocycles. The van der Waals surface area contributed by atoms with Crippen LogP contribution in [0.2, 0.25) is 0 Å². The maximum atomic E-state index is 12.8.